The predicted molar refractivity (Wildman–Crippen MR) is 86.3 cm³/mol. The second-order valence-electron chi connectivity index (χ2n) is 5.25. The Labute approximate surface area is 136 Å². The average Bonchev–Trinajstić information content (AvgIpc) is 2.48. The van der Waals surface area contributed by atoms with E-state index in [2.05, 4.69) is 15.3 Å². The third-order valence-electron chi connectivity index (χ3n) is 3.26. The highest BCUT2D eigenvalue weighted by Gasteiger charge is 2.23. The smallest absolute Gasteiger partial charge is 0.395 e. The van der Waals surface area contributed by atoms with Crippen LogP contribution in [0.3, 0.4) is 0 Å². The number of benzene rings is 1. The fraction of sp³-hybridized carbons (Fsp3) is 0.267. The van der Waals surface area contributed by atoms with Crippen molar-refractivity contribution in [3.8, 4) is 5.88 Å². The number of hydrogen-bond donors (Lipinski definition) is 2. The number of aromatic amines is 1. The molecule has 24 heavy (non-hydrogen) atoms. The van der Waals surface area contributed by atoms with Crippen LogP contribution in [0.25, 0.3) is 0 Å². The Kier molecular flexibility index (Phi) is 4.93. The number of nitro groups is 1. The van der Waals surface area contributed by atoms with E-state index >= 15 is 0 Å². The van der Waals surface area contributed by atoms with Crippen LogP contribution in [-0.4, -0.2) is 27.4 Å². The number of nitrogens with one attached hydrogen (secondary N) is 2. The largest absolute Gasteiger partial charge is 0.462 e. The zero-order valence-corrected chi connectivity index (χ0v) is 13.4. The van der Waals surface area contributed by atoms with Gasteiger partial charge in [0.15, 0.2) is 6.61 Å². The summed E-state index contributed by atoms with van der Waals surface area (Å²) in [6.45, 7) is 5.16. The van der Waals surface area contributed by atoms with Gasteiger partial charge in [0.05, 0.1) is 11.3 Å². The van der Waals surface area contributed by atoms with Gasteiger partial charge in [-0.3, -0.25) is 19.7 Å². The normalized spacial score (nSPS) is 10.3. The van der Waals surface area contributed by atoms with Gasteiger partial charge in [-0.2, -0.15) is 4.98 Å². The van der Waals surface area contributed by atoms with Gasteiger partial charge in [-0.15, -0.1) is 0 Å². The van der Waals surface area contributed by atoms with Gasteiger partial charge < -0.3 is 15.0 Å². The SMILES string of the molecule is Cc1cc(C)c(NC(=O)COc2nc[nH]c(=O)c2[N+](=O)[O-])c(C)c1. The molecule has 9 nitrogen and oxygen atoms in total. The summed E-state index contributed by atoms with van der Waals surface area (Å²) >= 11 is 0. The van der Waals surface area contributed by atoms with Crippen molar-refractivity contribution in [2.75, 3.05) is 11.9 Å². The zero-order chi connectivity index (χ0) is 17.9. The lowest BCUT2D eigenvalue weighted by molar-refractivity contribution is -0.387. The summed E-state index contributed by atoms with van der Waals surface area (Å²) in [4.78, 5) is 39.1. The third kappa shape index (κ3) is 3.75. The first-order chi connectivity index (χ1) is 11.3. The molecule has 0 aliphatic rings. The number of hydrogen-bond acceptors (Lipinski definition) is 6. The van der Waals surface area contributed by atoms with Crippen molar-refractivity contribution in [2.45, 2.75) is 20.8 Å². The molecular formula is C15H16N4O5. The van der Waals surface area contributed by atoms with E-state index in [-0.39, 0.29) is 0 Å². The second kappa shape index (κ2) is 6.90. The lowest BCUT2D eigenvalue weighted by Gasteiger charge is -2.13. The fourth-order valence-electron chi connectivity index (χ4n) is 2.33. The van der Waals surface area contributed by atoms with E-state index in [1.54, 1.807) is 0 Å². The summed E-state index contributed by atoms with van der Waals surface area (Å²) < 4.78 is 5.03. The summed E-state index contributed by atoms with van der Waals surface area (Å²) in [6.07, 6.45) is 0.969. The highest BCUT2D eigenvalue weighted by molar-refractivity contribution is 5.93. The van der Waals surface area contributed by atoms with E-state index in [0.717, 1.165) is 23.0 Å². The standard InChI is InChI=1S/C15H16N4O5/c1-8-4-9(2)12(10(3)5-8)18-11(20)6-24-15-13(19(22)23)14(21)16-7-17-15/h4-5,7H,6H2,1-3H3,(H,18,20)(H,16,17,21). The number of anilines is 1. The van der Waals surface area contributed by atoms with E-state index in [1.165, 1.54) is 0 Å². The maximum atomic E-state index is 12.0. The summed E-state index contributed by atoms with van der Waals surface area (Å²) in [5, 5.41) is 13.6. The van der Waals surface area contributed by atoms with Crippen molar-refractivity contribution in [3.63, 3.8) is 0 Å². The molecule has 1 heterocycles. The number of nitrogens with zero attached hydrogens (tertiary/aromatic N) is 2. The highest BCUT2D eigenvalue weighted by Crippen LogP contribution is 2.22. The minimum atomic E-state index is -0.948. The van der Waals surface area contributed by atoms with Gasteiger partial charge in [-0.1, -0.05) is 17.7 Å². The molecule has 0 saturated heterocycles. The molecule has 0 fully saturated rings. The molecule has 1 aromatic heterocycles. The van der Waals surface area contributed by atoms with Crippen molar-refractivity contribution >= 4 is 17.3 Å². The monoisotopic (exact) mass is 332 g/mol. The van der Waals surface area contributed by atoms with Crippen molar-refractivity contribution in [1.29, 1.82) is 0 Å². The number of H-pyrrole nitrogens is 1. The van der Waals surface area contributed by atoms with Crippen molar-refractivity contribution in [1.82, 2.24) is 9.97 Å². The van der Waals surface area contributed by atoms with Crippen LogP contribution in [0.15, 0.2) is 23.3 Å². The molecule has 1 amide bonds. The van der Waals surface area contributed by atoms with Crippen LogP contribution >= 0.6 is 0 Å². The van der Waals surface area contributed by atoms with Gasteiger partial charge in [0.1, 0.15) is 0 Å². The van der Waals surface area contributed by atoms with Crippen molar-refractivity contribution in [3.05, 3.63) is 55.6 Å². The molecule has 2 N–H and O–H groups in total. The Balaban J connectivity index is 2.12. The number of amides is 1. The molecular weight excluding hydrogens is 316 g/mol. The first-order valence-electron chi connectivity index (χ1n) is 7.02. The van der Waals surface area contributed by atoms with Crippen LogP contribution in [0.1, 0.15) is 16.7 Å². The molecule has 0 spiro atoms. The summed E-state index contributed by atoms with van der Waals surface area (Å²) in [5.41, 5.74) is 1.72. The Morgan fingerprint density at radius 3 is 2.54 bits per heavy atom. The van der Waals surface area contributed by atoms with Crippen LogP contribution in [-0.2, 0) is 4.79 Å². The summed E-state index contributed by atoms with van der Waals surface area (Å²) in [6, 6.07) is 3.85. The van der Waals surface area contributed by atoms with Crippen molar-refractivity contribution < 1.29 is 14.5 Å². The maximum absolute atomic E-state index is 12.0. The van der Waals surface area contributed by atoms with Gasteiger partial charge in [0.25, 0.3) is 5.91 Å². The van der Waals surface area contributed by atoms with Gasteiger partial charge in [0, 0.05) is 5.69 Å². The summed E-state index contributed by atoms with van der Waals surface area (Å²) in [5.74, 6) is -1.02. The minimum Gasteiger partial charge on any atom is -0.462 e. The lowest BCUT2D eigenvalue weighted by atomic mass is 10.1. The number of carbonyl (C=O) groups is 1. The minimum absolute atomic E-state index is 0.503. The zero-order valence-electron chi connectivity index (χ0n) is 13.4. The Bertz CT molecular complexity index is 836. The van der Waals surface area contributed by atoms with Crippen LogP contribution in [0.5, 0.6) is 5.88 Å². The Hall–Kier alpha value is -3.23. The molecule has 0 aliphatic heterocycles. The molecule has 126 valence electrons. The fourth-order valence-corrected chi connectivity index (χ4v) is 2.33. The van der Waals surface area contributed by atoms with Gasteiger partial charge in [-0.25, -0.2) is 0 Å². The molecule has 2 rings (SSSR count). The van der Waals surface area contributed by atoms with Gasteiger partial charge >= 0.3 is 17.1 Å². The molecule has 0 aliphatic carbocycles. The summed E-state index contributed by atoms with van der Waals surface area (Å²) in [7, 11) is 0. The molecule has 0 unspecified atom stereocenters. The van der Waals surface area contributed by atoms with Crippen LogP contribution in [0, 0.1) is 30.9 Å². The number of aromatic nitrogens is 2. The number of rotatable bonds is 5. The van der Waals surface area contributed by atoms with Gasteiger partial charge in [0.2, 0.25) is 0 Å². The van der Waals surface area contributed by atoms with E-state index < -0.39 is 34.6 Å². The highest BCUT2D eigenvalue weighted by atomic mass is 16.6. The topological polar surface area (TPSA) is 127 Å². The van der Waals surface area contributed by atoms with E-state index in [4.69, 9.17) is 4.74 Å². The lowest BCUT2D eigenvalue weighted by Crippen LogP contribution is -2.23. The Morgan fingerprint density at radius 1 is 1.33 bits per heavy atom. The van der Waals surface area contributed by atoms with Gasteiger partial charge in [-0.05, 0) is 31.9 Å². The van der Waals surface area contributed by atoms with Crippen LogP contribution in [0.2, 0.25) is 0 Å². The molecule has 0 radical (unpaired) electrons. The maximum Gasteiger partial charge on any atom is 0.395 e. The second-order valence-corrected chi connectivity index (χ2v) is 5.25. The van der Waals surface area contributed by atoms with Crippen molar-refractivity contribution in [2.24, 2.45) is 0 Å². The van der Waals surface area contributed by atoms with E-state index in [1.807, 2.05) is 32.9 Å². The quantitative estimate of drug-likeness (QED) is 0.632. The Morgan fingerprint density at radius 2 is 1.96 bits per heavy atom. The average molecular weight is 332 g/mol. The van der Waals surface area contributed by atoms with E-state index in [0.29, 0.717) is 5.69 Å². The molecule has 0 atom stereocenters. The molecule has 0 saturated carbocycles. The third-order valence-corrected chi connectivity index (χ3v) is 3.26. The number of aryl methyl sites for hydroxylation is 3. The number of carbonyl (C=O) groups excluding carboxylic acids is 1. The van der Waals surface area contributed by atoms with Crippen LogP contribution < -0.4 is 15.6 Å². The van der Waals surface area contributed by atoms with E-state index in [9.17, 15) is 19.7 Å². The molecule has 1 aromatic carbocycles. The number of ether oxygens (including phenoxy) is 1. The first-order valence-corrected chi connectivity index (χ1v) is 7.02. The molecule has 9 heteroatoms. The molecule has 0 bridgehead atoms. The molecule has 2 aromatic rings. The first kappa shape index (κ1) is 17.1. The predicted octanol–water partition coefficient (Wildman–Crippen LogP) is 1.62. The van der Waals surface area contributed by atoms with Crippen LogP contribution in [0.4, 0.5) is 11.4 Å².